The van der Waals surface area contributed by atoms with Crippen molar-refractivity contribution < 1.29 is 4.39 Å². The van der Waals surface area contributed by atoms with Gasteiger partial charge in [0.15, 0.2) is 0 Å². The molecule has 0 amide bonds. The third kappa shape index (κ3) is 4.03. The van der Waals surface area contributed by atoms with Crippen LogP contribution in [0.5, 0.6) is 0 Å². The first kappa shape index (κ1) is 14.0. The van der Waals surface area contributed by atoms with E-state index in [4.69, 9.17) is 18.0 Å². The van der Waals surface area contributed by atoms with Crippen molar-refractivity contribution in [2.75, 3.05) is 6.54 Å². The highest BCUT2D eigenvalue weighted by molar-refractivity contribution is 6.30. The molecule has 0 aromatic heterocycles. The van der Waals surface area contributed by atoms with Crippen LogP contribution in [0.1, 0.15) is 37.8 Å². The molecule has 1 unspecified atom stereocenters. The molecule has 0 radical (unpaired) electrons. The lowest BCUT2D eigenvalue weighted by atomic mass is 10.0. The van der Waals surface area contributed by atoms with Crippen molar-refractivity contribution in [2.24, 2.45) is 0 Å². The van der Waals surface area contributed by atoms with E-state index in [1.165, 1.54) is 0 Å². The van der Waals surface area contributed by atoms with Crippen LogP contribution in [-0.4, -0.2) is 6.54 Å². The van der Waals surface area contributed by atoms with E-state index in [0.717, 1.165) is 13.0 Å². The van der Waals surface area contributed by atoms with Gasteiger partial charge in [0.2, 0.25) is 0 Å². The first-order valence-electron chi connectivity index (χ1n) is 5.81. The van der Waals surface area contributed by atoms with E-state index in [2.05, 4.69) is 18.2 Å². The summed E-state index contributed by atoms with van der Waals surface area (Å²) in [5, 5.41) is 3.45. The maximum atomic E-state index is 13.9. The molecular weight excluding hydrogens is 237 g/mol. The highest BCUT2D eigenvalue weighted by Crippen LogP contribution is 2.26. The Bertz CT molecular complexity index is 398. The summed E-state index contributed by atoms with van der Waals surface area (Å²) in [7, 11) is 0. The van der Waals surface area contributed by atoms with Gasteiger partial charge in [0.25, 0.3) is 0 Å². The van der Waals surface area contributed by atoms with E-state index in [1.807, 2.05) is 0 Å². The Balaban J connectivity index is 2.87. The average Bonchev–Trinajstić information content (AvgIpc) is 2.34. The normalized spacial score (nSPS) is 12.1. The molecule has 1 rings (SSSR count). The molecule has 0 aliphatic heterocycles. The van der Waals surface area contributed by atoms with Gasteiger partial charge < -0.3 is 5.32 Å². The molecule has 1 N–H and O–H groups in total. The second-order valence-electron chi connectivity index (χ2n) is 3.89. The van der Waals surface area contributed by atoms with Gasteiger partial charge in [-0.05, 0) is 25.5 Å². The lowest BCUT2D eigenvalue weighted by Gasteiger charge is -2.19. The summed E-state index contributed by atoms with van der Waals surface area (Å²) in [5.74, 6) is 2.24. The first-order chi connectivity index (χ1) is 8.20. The monoisotopic (exact) mass is 253 g/mol. The topological polar surface area (TPSA) is 12.0 Å². The second-order valence-corrected chi connectivity index (χ2v) is 4.30. The zero-order chi connectivity index (χ0) is 12.7. The van der Waals surface area contributed by atoms with Crippen LogP contribution in [0, 0.1) is 18.2 Å². The highest BCUT2D eigenvalue weighted by Gasteiger charge is 2.16. The average molecular weight is 254 g/mol. The zero-order valence-electron chi connectivity index (χ0n) is 9.97. The molecule has 92 valence electrons. The quantitative estimate of drug-likeness (QED) is 0.758. The summed E-state index contributed by atoms with van der Waals surface area (Å²) in [6, 6.07) is 5.01. The molecule has 17 heavy (non-hydrogen) atoms. The molecule has 1 nitrogen and oxygen atoms in total. The van der Waals surface area contributed by atoms with Gasteiger partial charge in [-0.25, -0.2) is 4.39 Å². The summed E-state index contributed by atoms with van der Waals surface area (Å²) in [4.78, 5) is 0. The molecule has 0 bridgehead atoms. The maximum absolute atomic E-state index is 13.9. The Kier molecular flexibility index (Phi) is 6.04. The Hall–Kier alpha value is -1.04. The third-order valence-electron chi connectivity index (χ3n) is 2.57. The van der Waals surface area contributed by atoms with Gasteiger partial charge >= 0.3 is 0 Å². The van der Waals surface area contributed by atoms with Crippen molar-refractivity contribution in [1.82, 2.24) is 5.32 Å². The highest BCUT2D eigenvalue weighted by atomic mass is 35.5. The van der Waals surface area contributed by atoms with Gasteiger partial charge in [0.1, 0.15) is 5.82 Å². The van der Waals surface area contributed by atoms with E-state index < -0.39 is 0 Å². The number of nitrogens with one attached hydrogen (secondary N) is 1. The molecule has 0 aliphatic carbocycles. The van der Waals surface area contributed by atoms with Crippen LogP contribution in [0.4, 0.5) is 4.39 Å². The van der Waals surface area contributed by atoms with Crippen LogP contribution in [0.2, 0.25) is 5.02 Å². The molecule has 0 aliphatic rings. The van der Waals surface area contributed by atoms with Crippen molar-refractivity contribution in [3.63, 3.8) is 0 Å². The molecule has 3 heteroatoms. The van der Waals surface area contributed by atoms with Crippen LogP contribution in [0.3, 0.4) is 0 Å². The van der Waals surface area contributed by atoms with Gasteiger partial charge in [-0.2, -0.15) is 0 Å². The predicted octanol–water partition coefficient (Wildman–Crippen LogP) is 3.93. The Labute approximate surface area is 107 Å². The molecular formula is C14H17ClFN. The van der Waals surface area contributed by atoms with Gasteiger partial charge in [-0.15, -0.1) is 12.3 Å². The fourth-order valence-corrected chi connectivity index (χ4v) is 1.89. The Morgan fingerprint density at radius 2 is 2.29 bits per heavy atom. The number of benzene rings is 1. The van der Waals surface area contributed by atoms with Gasteiger partial charge in [0, 0.05) is 18.0 Å². The lowest BCUT2D eigenvalue weighted by Crippen LogP contribution is -2.23. The smallest absolute Gasteiger partial charge is 0.146 e. The molecule has 0 fully saturated rings. The van der Waals surface area contributed by atoms with Crippen LogP contribution >= 0.6 is 11.6 Å². The number of rotatable bonds is 6. The molecule has 1 aromatic rings. The SMILES string of the molecule is C#CCCC(NCCC)c1cccc(Cl)c1F. The molecule has 1 atom stereocenters. The predicted molar refractivity (Wildman–Crippen MR) is 70.5 cm³/mol. The first-order valence-corrected chi connectivity index (χ1v) is 6.19. The third-order valence-corrected chi connectivity index (χ3v) is 2.87. The van der Waals surface area contributed by atoms with Crippen molar-refractivity contribution >= 4 is 11.6 Å². The fraction of sp³-hybridized carbons (Fsp3) is 0.429. The minimum Gasteiger partial charge on any atom is -0.310 e. The van der Waals surface area contributed by atoms with E-state index in [-0.39, 0.29) is 16.9 Å². The standard InChI is InChI=1S/C14H17ClFN/c1-3-5-9-13(17-10-4-2)11-7-6-8-12(15)14(11)16/h1,6-8,13,17H,4-5,9-10H2,2H3. The molecule has 0 spiro atoms. The van der Waals surface area contributed by atoms with E-state index >= 15 is 0 Å². The molecule has 0 heterocycles. The largest absolute Gasteiger partial charge is 0.310 e. The summed E-state index contributed by atoms with van der Waals surface area (Å²) < 4.78 is 13.9. The Morgan fingerprint density at radius 3 is 2.94 bits per heavy atom. The summed E-state index contributed by atoms with van der Waals surface area (Å²) >= 11 is 5.78. The molecule has 1 aromatic carbocycles. The van der Waals surface area contributed by atoms with Crippen LogP contribution in [-0.2, 0) is 0 Å². The summed E-state index contributed by atoms with van der Waals surface area (Å²) in [6.45, 7) is 2.90. The van der Waals surface area contributed by atoms with Crippen LogP contribution in [0.25, 0.3) is 0 Å². The van der Waals surface area contributed by atoms with Gasteiger partial charge in [0.05, 0.1) is 5.02 Å². The fourth-order valence-electron chi connectivity index (χ4n) is 1.70. The van der Waals surface area contributed by atoms with Crippen molar-refractivity contribution in [3.8, 4) is 12.3 Å². The zero-order valence-corrected chi connectivity index (χ0v) is 10.7. The number of halogens is 2. The number of hydrogen-bond acceptors (Lipinski definition) is 1. The summed E-state index contributed by atoms with van der Waals surface area (Å²) in [5.41, 5.74) is 0.598. The van der Waals surface area contributed by atoms with Crippen molar-refractivity contribution in [2.45, 2.75) is 32.2 Å². The van der Waals surface area contributed by atoms with Crippen LogP contribution < -0.4 is 5.32 Å². The Morgan fingerprint density at radius 1 is 1.53 bits per heavy atom. The lowest BCUT2D eigenvalue weighted by molar-refractivity contribution is 0.479. The van der Waals surface area contributed by atoms with Gasteiger partial charge in [-0.3, -0.25) is 0 Å². The van der Waals surface area contributed by atoms with E-state index in [1.54, 1.807) is 18.2 Å². The van der Waals surface area contributed by atoms with Crippen molar-refractivity contribution in [3.05, 3.63) is 34.6 Å². The van der Waals surface area contributed by atoms with Crippen molar-refractivity contribution in [1.29, 1.82) is 0 Å². The number of terminal acetylenes is 1. The minimum atomic E-state index is -0.347. The number of hydrogen-bond donors (Lipinski definition) is 1. The minimum absolute atomic E-state index is 0.0651. The van der Waals surface area contributed by atoms with E-state index in [9.17, 15) is 4.39 Å². The van der Waals surface area contributed by atoms with Crippen LogP contribution in [0.15, 0.2) is 18.2 Å². The van der Waals surface area contributed by atoms with Gasteiger partial charge in [-0.1, -0.05) is 30.7 Å². The molecule has 0 saturated heterocycles. The summed E-state index contributed by atoms with van der Waals surface area (Å²) in [6.07, 6.45) is 7.58. The second kappa shape index (κ2) is 7.32. The maximum Gasteiger partial charge on any atom is 0.146 e. The van der Waals surface area contributed by atoms with E-state index in [0.29, 0.717) is 18.4 Å². The molecule has 0 saturated carbocycles.